The van der Waals surface area contributed by atoms with E-state index in [1.165, 1.54) is 40.1 Å². The third-order valence-corrected chi connectivity index (χ3v) is 16.0. The van der Waals surface area contributed by atoms with Crippen LogP contribution in [0.3, 0.4) is 0 Å². The zero-order chi connectivity index (χ0) is 57.6. The van der Waals surface area contributed by atoms with E-state index < -0.39 is 116 Å². The van der Waals surface area contributed by atoms with Gasteiger partial charge in [-0.1, -0.05) is 78.7 Å². The molecule has 23 heteroatoms. The number of anilines is 2. The lowest BCUT2D eigenvalue weighted by Gasteiger charge is -2.42. The van der Waals surface area contributed by atoms with Gasteiger partial charge in [0.25, 0.3) is 0 Å². The minimum Gasteiger partial charge on any atom is -0.495 e. The van der Waals surface area contributed by atoms with Crippen LogP contribution in [0.5, 0.6) is 5.75 Å². The number of halogens is 1. The number of ether oxygens (including phenoxy) is 7. The molecule has 3 aromatic rings. The second-order valence-corrected chi connectivity index (χ2v) is 21.3. The Kier molecular flexibility index (Phi) is 18.4. The number of epoxide rings is 1. The molecule has 4 aliphatic heterocycles. The van der Waals surface area contributed by atoms with E-state index in [0.717, 1.165) is 57.1 Å². The van der Waals surface area contributed by atoms with E-state index in [1.54, 1.807) is 38.1 Å². The standard InChI is InChI=1S/C57H70ClN7O15/c1-32-13-11-18-44(75-8)57(73)27-43(78-55(72)62-57)33(2)52-56(4,80-52)45(26-48(68)64(6)41-24-35(23-32)25-42(74-7)51(41)58)79-53(70)34(3)63(5)49(69)30-60-46(66)28-59-47(67)29-61-54(71)77-31-39-36-14-9-10-15-37(36)50-38(39)16-12-17-40(50)65-19-21-76-22-20-65/h9-18,24-25,33-34,39,43-45,52,73H,19-23,26-31H2,1-8H3,(H,59,67)(H,60,66)(H,61,71)(H,62,72)/b18-11+,32-13+. The Bertz CT molecular complexity index is 2930. The van der Waals surface area contributed by atoms with Gasteiger partial charge < -0.3 is 68.9 Å². The number of rotatable bonds is 14. The highest BCUT2D eigenvalue weighted by Gasteiger charge is 2.64. The first kappa shape index (κ1) is 58.9. The van der Waals surface area contributed by atoms with Crippen LogP contribution in [0.1, 0.15) is 63.1 Å². The molecule has 0 aromatic heterocycles. The summed E-state index contributed by atoms with van der Waals surface area (Å²) in [5.41, 5.74) is 4.02. The number of hydrogen-bond donors (Lipinski definition) is 5. The molecule has 9 atom stereocenters. The van der Waals surface area contributed by atoms with Gasteiger partial charge in [-0.2, -0.15) is 0 Å². The molecule has 8 rings (SSSR count). The maximum Gasteiger partial charge on any atom is 0.409 e. The van der Waals surface area contributed by atoms with E-state index in [2.05, 4.69) is 38.3 Å². The smallest absolute Gasteiger partial charge is 0.409 e. The molecule has 0 saturated carbocycles. The van der Waals surface area contributed by atoms with Crippen molar-refractivity contribution in [1.29, 1.82) is 0 Å². The summed E-state index contributed by atoms with van der Waals surface area (Å²) in [5.74, 6) is -4.10. The predicted molar refractivity (Wildman–Crippen MR) is 293 cm³/mol. The van der Waals surface area contributed by atoms with E-state index in [-0.39, 0.29) is 24.0 Å². The molecule has 1 aliphatic carbocycles. The fourth-order valence-electron chi connectivity index (χ4n) is 10.8. The number of benzene rings is 3. The molecule has 3 aromatic carbocycles. The summed E-state index contributed by atoms with van der Waals surface area (Å²) < 4.78 is 40.5. The summed E-state index contributed by atoms with van der Waals surface area (Å²) in [6, 6.07) is 16.4. The Morgan fingerprint density at radius 1 is 0.963 bits per heavy atom. The molecule has 80 heavy (non-hydrogen) atoms. The summed E-state index contributed by atoms with van der Waals surface area (Å²) in [4.78, 5) is 98.0. The van der Waals surface area contributed by atoms with Crippen LogP contribution >= 0.6 is 11.6 Å². The third-order valence-electron chi connectivity index (χ3n) is 15.6. The summed E-state index contributed by atoms with van der Waals surface area (Å²) in [6.45, 7) is 7.92. The second kappa shape index (κ2) is 25.1. The molecule has 3 saturated heterocycles. The van der Waals surface area contributed by atoms with E-state index in [0.29, 0.717) is 31.1 Å². The minimum atomic E-state index is -1.90. The largest absolute Gasteiger partial charge is 0.495 e. The van der Waals surface area contributed by atoms with Gasteiger partial charge in [0.1, 0.15) is 53.9 Å². The van der Waals surface area contributed by atoms with Crippen molar-refractivity contribution in [3.05, 3.63) is 100 Å². The Balaban J connectivity index is 0.859. The molecule has 5 aliphatic rings. The molecule has 4 bridgehead atoms. The Morgan fingerprint density at radius 3 is 2.39 bits per heavy atom. The minimum absolute atomic E-state index is 0.0240. The number of likely N-dealkylation sites (N-methyl/N-ethyl adjacent to an activating group) is 1. The van der Waals surface area contributed by atoms with Gasteiger partial charge in [0.15, 0.2) is 5.72 Å². The average Bonchev–Trinajstić information content (AvgIpc) is 4.07. The molecule has 0 radical (unpaired) electrons. The van der Waals surface area contributed by atoms with Crippen LogP contribution < -0.4 is 35.8 Å². The zero-order valence-corrected chi connectivity index (χ0v) is 46.9. The van der Waals surface area contributed by atoms with Crippen molar-refractivity contribution >= 4 is 64.8 Å². The number of esters is 1. The van der Waals surface area contributed by atoms with Gasteiger partial charge >= 0.3 is 18.2 Å². The molecule has 4 heterocycles. The van der Waals surface area contributed by atoms with Crippen molar-refractivity contribution in [3.8, 4) is 16.9 Å². The SMILES string of the molecule is COc1cc2cc(c1Cl)N(C)C(=O)CC(OC(=O)C(C)N(C)C(=O)CNC(=O)CNC(=O)CNC(=O)OCC1c3ccccc3-c3c1cccc3N1CCOCC1)C1(C)OC1C(C)C1CC(O)(NC(=O)O1)C(OC)/C=C/C=C(\C)C2. The molecule has 6 amide bonds. The summed E-state index contributed by atoms with van der Waals surface area (Å²) >= 11 is 6.81. The first-order valence-corrected chi connectivity index (χ1v) is 26.9. The van der Waals surface area contributed by atoms with Gasteiger partial charge in [0, 0.05) is 63.8 Å². The van der Waals surface area contributed by atoms with Crippen molar-refractivity contribution in [2.45, 2.75) is 94.7 Å². The highest BCUT2D eigenvalue weighted by Crippen LogP contribution is 2.51. The van der Waals surface area contributed by atoms with E-state index in [1.807, 2.05) is 43.3 Å². The quantitative estimate of drug-likeness (QED) is 0.0864. The maximum absolute atomic E-state index is 14.4. The maximum atomic E-state index is 14.4. The summed E-state index contributed by atoms with van der Waals surface area (Å²) in [5, 5.41) is 21.8. The van der Waals surface area contributed by atoms with Gasteiger partial charge in [-0.25, -0.2) is 14.4 Å². The molecular formula is C57H70ClN7O15. The van der Waals surface area contributed by atoms with Crippen molar-refractivity contribution in [1.82, 2.24) is 26.2 Å². The van der Waals surface area contributed by atoms with Gasteiger partial charge in [-0.3, -0.25) is 24.5 Å². The van der Waals surface area contributed by atoms with Crippen LogP contribution in [0.25, 0.3) is 11.1 Å². The average molecular weight is 1130 g/mol. The Morgan fingerprint density at radius 2 is 1.66 bits per heavy atom. The highest BCUT2D eigenvalue weighted by molar-refractivity contribution is 6.35. The van der Waals surface area contributed by atoms with E-state index >= 15 is 0 Å². The number of alkyl carbamates (subject to hydrolysis) is 2. The topological polar surface area (TPSA) is 265 Å². The summed E-state index contributed by atoms with van der Waals surface area (Å²) in [6.07, 6.45) is -0.705. The fourth-order valence-corrected chi connectivity index (χ4v) is 11.1. The molecule has 22 nitrogen and oxygen atoms in total. The number of hydrogen-bond acceptors (Lipinski definition) is 16. The number of morpholine rings is 1. The number of nitrogens with one attached hydrogen (secondary N) is 4. The van der Waals surface area contributed by atoms with E-state index in [9.17, 15) is 38.7 Å². The van der Waals surface area contributed by atoms with Gasteiger partial charge in [0.05, 0.1) is 51.6 Å². The Labute approximate surface area is 469 Å². The van der Waals surface area contributed by atoms with Crippen molar-refractivity contribution in [3.63, 3.8) is 0 Å². The lowest BCUT2D eigenvalue weighted by Crippen LogP contribution is -2.63. The molecule has 3 fully saturated rings. The van der Waals surface area contributed by atoms with Crippen LogP contribution in [0, 0.1) is 5.92 Å². The third kappa shape index (κ3) is 13.0. The lowest BCUT2D eigenvalue weighted by molar-refractivity contribution is -0.161. The van der Waals surface area contributed by atoms with Crippen molar-refractivity contribution < 1.29 is 71.8 Å². The number of methoxy groups -OCH3 is 2. The number of carbonyl (C=O) groups excluding carboxylic acids is 7. The number of fused-ring (bicyclic) bond motifs is 8. The number of carbonyl (C=O) groups is 7. The summed E-state index contributed by atoms with van der Waals surface area (Å²) in [7, 11) is 5.71. The first-order valence-electron chi connectivity index (χ1n) is 26.5. The van der Waals surface area contributed by atoms with Crippen LogP contribution in [0.15, 0.2) is 78.4 Å². The van der Waals surface area contributed by atoms with Crippen LogP contribution in [-0.4, -0.2) is 174 Å². The van der Waals surface area contributed by atoms with Crippen LogP contribution in [0.2, 0.25) is 5.02 Å². The lowest BCUT2D eigenvalue weighted by atomic mass is 9.83. The van der Waals surface area contributed by atoms with Gasteiger partial charge in [-0.15, -0.1) is 0 Å². The van der Waals surface area contributed by atoms with Crippen molar-refractivity contribution in [2.24, 2.45) is 5.92 Å². The predicted octanol–water partition coefficient (Wildman–Crippen LogP) is 4.12. The molecule has 5 N–H and O–H groups in total. The number of nitrogens with zero attached hydrogens (tertiary/aromatic N) is 3. The van der Waals surface area contributed by atoms with Crippen LogP contribution in [0.4, 0.5) is 21.0 Å². The monoisotopic (exact) mass is 1130 g/mol. The number of allylic oxidation sites excluding steroid dienone is 3. The molecular weight excluding hydrogens is 1060 g/mol. The molecule has 0 spiro atoms. The number of aliphatic hydroxyl groups is 1. The Hall–Kier alpha value is -7.24. The van der Waals surface area contributed by atoms with Crippen molar-refractivity contribution in [2.75, 3.05) is 90.7 Å². The van der Waals surface area contributed by atoms with Crippen LogP contribution in [-0.2, 0) is 58.8 Å². The highest BCUT2D eigenvalue weighted by atomic mass is 35.5. The van der Waals surface area contributed by atoms with Gasteiger partial charge in [-0.05, 0) is 67.6 Å². The normalized spacial score (nSPS) is 26.8. The van der Waals surface area contributed by atoms with Gasteiger partial charge in [0.2, 0.25) is 23.6 Å². The first-order chi connectivity index (χ1) is 38.2. The van der Waals surface area contributed by atoms with E-state index in [4.69, 9.17) is 44.8 Å². The second-order valence-electron chi connectivity index (χ2n) is 20.9. The number of amides is 6. The zero-order valence-electron chi connectivity index (χ0n) is 46.1. The molecule has 9 unspecified atom stereocenters. The molecule has 430 valence electrons. The fraction of sp³-hybridized carbons (Fsp3) is 0.491.